The second-order valence-corrected chi connectivity index (χ2v) is 7.81. The van der Waals surface area contributed by atoms with Crippen LogP contribution in [-0.4, -0.2) is 46.3 Å². The molecule has 0 amide bonds. The van der Waals surface area contributed by atoms with Crippen molar-refractivity contribution in [3.63, 3.8) is 0 Å². The number of nitrogens with zero attached hydrogens (tertiary/aromatic N) is 2. The lowest BCUT2D eigenvalue weighted by molar-refractivity contribution is 0.0697. The van der Waals surface area contributed by atoms with Gasteiger partial charge in [0.2, 0.25) is 0 Å². The van der Waals surface area contributed by atoms with Gasteiger partial charge in [-0.3, -0.25) is 4.98 Å². The lowest BCUT2D eigenvalue weighted by Gasteiger charge is -2.25. The van der Waals surface area contributed by atoms with Gasteiger partial charge >= 0.3 is 5.97 Å². The van der Waals surface area contributed by atoms with Crippen LogP contribution < -0.4 is 5.32 Å². The molecule has 3 heterocycles. The molecule has 7 nitrogen and oxygen atoms in total. The van der Waals surface area contributed by atoms with Crippen LogP contribution in [0.15, 0.2) is 59.1 Å². The molecule has 2 aromatic heterocycles. The highest BCUT2D eigenvalue weighted by atomic mass is 35.5. The van der Waals surface area contributed by atoms with Gasteiger partial charge in [-0.25, -0.2) is 4.79 Å². The Labute approximate surface area is 189 Å². The predicted molar refractivity (Wildman–Crippen MR) is 120 cm³/mol. The molecule has 0 spiro atoms. The smallest absolute Gasteiger partial charge is 0.335 e. The van der Waals surface area contributed by atoms with Gasteiger partial charge in [0.15, 0.2) is 5.11 Å². The molecule has 2 atom stereocenters. The first-order valence-corrected chi connectivity index (χ1v) is 10.4. The van der Waals surface area contributed by atoms with Crippen LogP contribution in [0.25, 0.3) is 11.3 Å². The summed E-state index contributed by atoms with van der Waals surface area (Å²) in [6, 6.07) is 13.4. The summed E-state index contributed by atoms with van der Waals surface area (Å²) in [5.74, 6) is 0.106. The number of aromatic nitrogens is 1. The molecule has 0 radical (unpaired) electrons. The van der Waals surface area contributed by atoms with E-state index in [1.165, 1.54) is 12.1 Å². The average molecular weight is 458 g/mol. The number of carboxylic acid groups (broad SMARTS) is 1. The zero-order valence-corrected chi connectivity index (χ0v) is 18.2. The first-order valence-electron chi connectivity index (χ1n) is 9.59. The molecule has 1 aliphatic rings. The number of hydrogen-bond donors (Lipinski definition) is 2. The summed E-state index contributed by atoms with van der Waals surface area (Å²) in [5, 5.41) is 13.6. The highest BCUT2D eigenvalue weighted by Gasteiger charge is 2.41. The molecule has 0 saturated carbocycles. The molecule has 9 heteroatoms. The van der Waals surface area contributed by atoms with Crippen molar-refractivity contribution in [1.82, 2.24) is 15.2 Å². The number of benzene rings is 1. The zero-order chi connectivity index (χ0) is 22.0. The fraction of sp³-hybridized carbons (Fsp3) is 0.227. The van der Waals surface area contributed by atoms with Gasteiger partial charge in [-0.15, -0.1) is 0 Å². The van der Waals surface area contributed by atoms with Crippen molar-refractivity contribution in [2.45, 2.75) is 12.1 Å². The van der Waals surface area contributed by atoms with E-state index in [-0.39, 0.29) is 17.6 Å². The van der Waals surface area contributed by atoms with Crippen molar-refractivity contribution >= 4 is 34.9 Å². The topological polar surface area (TPSA) is 87.8 Å². The Hall–Kier alpha value is -2.94. The number of rotatable bonds is 7. The average Bonchev–Trinajstić information content (AvgIpc) is 3.37. The van der Waals surface area contributed by atoms with Crippen LogP contribution in [0.3, 0.4) is 0 Å². The second-order valence-electron chi connectivity index (χ2n) is 7.01. The van der Waals surface area contributed by atoms with E-state index in [4.69, 9.17) is 33.0 Å². The summed E-state index contributed by atoms with van der Waals surface area (Å²) in [6.07, 6.45) is 1.74. The fourth-order valence-corrected chi connectivity index (χ4v) is 4.19. The van der Waals surface area contributed by atoms with Crippen LogP contribution in [0.2, 0.25) is 5.02 Å². The molecule has 1 aromatic carbocycles. The second kappa shape index (κ2) is 9.05. The number of aromatic carboxylic acids is 1. The van der Waals surface area contributed by atoms with Gasteiger partial charge in [0.1, 0.15) is 17.6 Å². The van der Waals surface area contributed by atoms with Crippen LogP contribution >= 0.6 is 23.8 Å². The number of furan rings is 1. The Bertz CT molecular complexity index is 1110. The number of nitrogens with one attached hydrogen (secondary N) is 1. The Morgan fingerprint density at radius 2 is 2.16 bits per heavy atom. The molecular weight excluding hydrogens is 438 g/mol. The highest BCUT2D eigenvalue weighted by Crippen LogP contribution is 2.41. The summed E-state index contributed by atoms with van der Waals surface area (Å²) in [6.45, 7) is 1.06. The van der Waals surface area contributed by atoms with E-state index in [0.717, 1.165) is 5.69 Å². The minimum atomic E-state index is -1.03. The molecular formula is C22H20ClN3O4S. The van der Waals surface area contributed by atoms with E-state index in [9.17, 15) is 9.90 Å². The maximum Gasteiger partial charge on any atom is 0.335 e. The summed E-state index contributed by atoms with van der Waals surface area (Å²) in [5.41, 5.74) is 1.48. The Morgan fingerprint density at radius 3 is 2.87 bits per heavy atom. The highest BCUT2D eigenvalue weighted by molar-refractivity contribution is 7.80. The summed E-state index contributed by atoms with van der Waals surface area (Å²) in [4.78, 5) is 17.9. The molecule has 0 bridgehead atoms. The van der Waals surface area contributed by atoms with Gasteiger partial charge in [0.25, 0.3) is 0 Å². The first-order chi connectivity index (χ1) is 15.0. The van der Waals surface area contributed by atoms with E-state index < -0.39 is 5.97 Å². The Kier molecular flexibility index (Phi) is 6.22. The van der Waals surface area contributed by atoms with Crippen LogP contribution in [0.4, 0.5) is 0 Å². The number of ether oxygens (including phenoxy) is 1. The molecule has 1 saturated heterocycles. The van der Waals surface area contributed by atoms with Crippen molar-refractivity contribution in [3.8, 4) is 11.3 Å². The number of pyridine rings is 1. The molecule has 3 aromatic rings. The third-order valence-corrected chi connectivity index (χ3v) is 5.81. The van der Waals surface area contributed by atoms with Crippen molar-refractivity contribution in [2.75, 3.05) is 20.3 Å². The van der Waals surface area contributed by atoms with Crippen molar-refractivity contribution in [3.05, 3.63) is 76.8 Å². The van der Waals surface area contributed by atoms with E-state index in [1.54, 1.807) is 25.4 Å². The Morgan fingerprint density at radius 1 is 1.32 bits per heavy atom. The van der Waals surface area contributed by atoms with Crippen LogP contribution in [0.5, 0.6) is 0 Å². The first kappa shape index (κ1) is 21.3. The van der Waals surface area contributed by atoms with Crippen LogP contribution in [-0.2, 0) is 4.74 Å². The third-order valence-electron chi connectivity index (χ3n) is 5.13. The number of carboxylic acids is 1. The van der Waals surface area contributed by atoms with Gasteiger partial charge in [0.05, 0.1) is 28.9 Å². The van der Waals surface area contributed by atoms with E-state index in [0.29, 0.717) is 40.4 Å². The standard InChI is InChI=1S/C22H20ClN3O4S/c1-29-11-10-26-20(19(25-22(26)31)16-4-2-3-9-24-16)18-8-7-17(30-18)14-12-13(21(27)28)5-6-15(14)23/h2-9,12,19-20H,10-11H2,1H3,(H,25,31)(H,27,28)/t19-,20-/m0/s1. The zero-order valence-electron chi connectivity index (χ0n) is 16.6. The Balaban J connectivity index is 1.74. The number of thiocarbonyl (C=S) groups is 1. The van der Waals surface area contributed by atoms with Crippen molar-refractivity contribution in [1.29, 1.82) is 0 Å². The van der Waals surface area contributed by atoms with Crippen molar-refractivity contribution < 1.29 is 19.1 Å². The maximum absolute atomic E-state index is 11.4. The SMILES string of the molecule is COCCN1C(=S)N[C@@H](c2ccccn2)[C@@H]1c1ccc(-c2cc(C(=O)O)ccc2Cl)o1. The lowest BCUT2D eigenvalue weighted by atomic mass is 10.0. The lowest BCUT2D eigenvalue weighted by Crippen LogP contribution is -2.32. The van der Waals surface area contributed by atoms with Crippen LogP contribution in [0.1, 0.15) is 33.9 Å². The molecule has 2 N–H and O–H groups in total. The molecule has 4 rings (SSSR count). The largest absolute Gasteiger partial charge is 0.478 e. The maximum atomic E-state index is 11.4. The number of hydrogen-bond acceptors (Lipinski definition) is 5. The molecule has 0 aliphatic carbocycles. The quantitative estimate of drug-likeness (QED) is 0.507. The normalized spacial score (nSPS) is 18.3. The van der Waals surface area contributed by atoms with Gasteiger partial charge in [-0.2, -0.15) is 0 Å². The number of methoxy groups -OCH3 is 1. The van der Waals surface area contributed by atoms with Gasteiger partial charge in [-0.1, -0.05) is 17.7 Å². The van der Waals surface area contributed by atoms with E-state index in [2.05, 4.69) is 10.3 Å². The van der Waals surface area contributed by atoms with Gasteiger partial charge in [-0.05, 0) is 54.7 Å². The monoisotopic (exact) mass is 457 g/mol. The van der Waals surface area contributed by atoms with Crippen molar-refractivity contribution in [2.24, 2.45) is 0 Å². The minimum absolute atomic E-state index is 0.133. The molecule has 1 fully saturated rings. The predicted octanol–water partition coefficient (Wildman–Crippen LogP) is 4.31. The van der Waals surface area contributed by atoms with E-state index in [1.807, 2.05) is 29.2 Å². The molecule has 1 aliphatic heterocycles. The third kappa shape index (κ3) is 4.27. The number of carbonyl (C=O) groups is 1. The van der Waals surface area contributed by atoms with Crippen LogP contribution in [0, 0.1) is 0 Å². The molecule has 160 valence electrons. The van der Waals surface area contributed by atoms with Gasteiger partial charge in [0, 0.05) is 25.4 Å². The summed E-state index contributed by atoms with van der Waals surface area (Å²) < 4.78 is 11.4. The fourth-order valence-electron chi connectivity index (χ4n) is 3.65. The van der Waals surface area contributed by atoms with E-state index >= 15 is 0 Å². The number of halogens is 1. The minimum Gasteiger partial charge on any atom is -0.478 e. The summed E-state index contributed by atoms with van der Waals surface area (Å²) >= 11 is 11.9. The molecule has 31 heavy (non-hydrogen) atoms. The molecule has 0 unspecified atom stereocenters. The van der Waals surface area contributed by atoms with Gasteiger partial charge < -0.3 is 24.5 Å². The summed E-state index contributed by atoms with van der Waals surface area (Å²) in [7, 11) is 1.64.